The van der Waals surface area contributed by atoms with E-state index < -0.39 is 0 Å². The Labute approximate surface area is 73.1 Å². The summed E-state index contributed by atoms with van der Waals surface area (Å²) in [5.41, 5.74) is 6.72. The molecular formula is C8H16N2O2. The zero-order valence-electron chi connectivity index (χ0n) is 7.81. The van der Waals surface area contributed by atoms with Crippen LogP contribution in [-0.2, 0) is 9.68 Å². The molecule has 0 atom stereocenters. The number of hydrogen-bond donors (Lipinski definition) is 2. The van der Waals surface area contributed by atoms with Crippen molar-refractivity contribution in [3.8, 4) is 0 Å². The van der Waals surface area contributed by atoms with Crippen LogP contribution in [0.4, 0.5) is 0 Å². The van der Waals surface area contributed by atoms with Crippen LogP contribution in [0.15, 0.2) is 24.0 Å². The molecule has 70 valence electrons. The van der Waals surface area contributed by atoms with Crippen LogP contribution in [0.2, 0.25) is 0 Å². The summed E-state index contributed by atoms with van der Waals surface area (Å²) in [7, 11) is 3.07. The Balaban J connectivity index is 4.09. The van der Waals surface area contributed by atoms with Gasteiger partial charge in [-0.3, -0.25) is 20.6 Å². The first-order valence-electron chi connectivity index (χ1n) is 3.73. The van der Waals surface area contributed by atoms with Crippen molar-refractivity contribution < 1.29 is 9.68 Å². The molecule has 0 aromatic rings. The fourth-order valence-electron chi connectivity index (χ4n) is 0.719. The lowest BCUT2D eigenvalue weighted by atomic mass is 10.3. The summed E-state index contributed by atoms with van der Waals surface area (Å²) in [4.78, 5) is 9.44. The summed E-state index contributed by atoms with van der Waals surface area (Å²) in [6, 6.07) is 0. The molecular weight excluding hydrogens is 156 g/mol. The van der Waals surface area contributed by atoms with Gasteiger partial charge >= 0.3 is 0 Å². The van der Waals surface area contributed by atoms with Crippen LogP contribution in [0.5, 0.6) is 0 Å². The largest absolute Gasteiger partial charge is 0.279 e. The molecule has 0 fully saturated rings. The van der Waals surface area contributed by atoms with Crippen LogP contribution in [0.25, 0.3) is 0 Å². The molecule has 0 aromatic carbocycles. The van der Waals surface area contributed by atoms with E-state index >= 15 is 0 Å². The highest BCUT2D eigenvalue weighted by Crippen LogP contribution is 2.01. The Morgan fingerprint density at radius 1 is 1.33 bits per heavy atom. The van der Waals surface area contributed by atoms with E-state index in [-0.39, 0.29) is 0 Å². The quantitative estimate of drug-likeness (QED) is 0.465. The Kier molecular flexibility index (Phi) is 6.14. The van der Waals surface area contributed by atoms with Gasteiger partial charge in [0.25, 0.3) is 0 Å². The summed E-state index contributed by atoms with van der Waals surface area (Å²) >= 11 is 0. The van der Waals surface area contributed by atoms with Gasteiger partial charge in [-0.2, -0.15) is 0 Å². The van der Waals surface area contributed by atoms with Crippen molar-refractivity contribution in [2.75, 3.05) is 14.2 Å². The van der Waals surface area contributed by atoms with Crippen molar-refractivity contribution in [1.82, 2.24) is 11.0 Å². The first-order chi connectivity index (χ1) is 5.76. The minimum atomic E-state index is 0.640. The van der Waals surface area contributed by atoms with Crippen molar-refractivity contribution >= 4 is 0 Å². The normalized spacial score (nSPS) is 11.1. The second-order valence-electron chi connectivity index (χ2n) is 2.12. The van der Waals surface area contributed by atoms with E-state index in [0.717, 1.165) is 12.1 Å². The molecule has 0 saturated heterocycles. The van der Waals surface area contributed by atoms with Gasteiger partial charge in [-0.25, -0.2) is 0 Å². The fourth-order valence-corrected chi connectivity index (χ4v) is 0.719. The zero-order valence-corrected chi connectivity index (χ0v) is 7.81. The molecule has 0 aliphatic rings. The fraction of sp³-hybridized carbons (Fsp3) is 0.500. The Hall–Kier alpha value is -1.00. The predicted octanol–water partition coefficient (Wildman–Crippen LogP) is 1.10. The van der Waals surface area contributed by atoms with E-state index in [2.05, 4.69) is 17.5 Å². The summed E-state index contributed by atoms with van der Waals surface area (Å²) < 4.78 is 0. The lowest BCUT2D eigenvalue weighted by Crippen LogP contribution is -2.21. The van der Waals surface area contributed by atoms with Crippen molar-refractivity contribution in [2.24, 2.45) is 0 Å². The minimum absolute atomic E-state index is 0.640. The highest BCUT2D eigenvalue weighted by molar-refractivity contribution is 5.22. The van der Waals surface area contributed by atoms with Gasteiger partial charge in [0.05, 0.1) is 25.6 Å². The van der Waals surface area contributed by atoms with Crippen LogP contribution in [0.1, 0.15) is 13.3 Å². The first-order valence-corrected chi connectivity index (χ1v) is 3.73. The molecule has 0 spiro atoms. The second kappa shape index (κ2) is 6.69. The SMILES string of the molecule is C=C(NOC)C(=CCC)NOC. The van der Waals surface area contributed by atoms with Gasteiger partial charge in [-0.05, 0) is 6.42 Å². The van der Waals surface area contributed by atoms with Crippen molar-refractivity contribution in [3.05, 3.63) is 24.0 Å². The number of hydroxylamine groups is 2. The third-order valence-electron chi connectivity index (χ3n) is 1.17. The smallest absolute Gasteiger partial charge is 0.0812 e. The van der Waals surface area contributed by atoms with Gasteiger partial charge in [0.2, 0.25) is 0 Å². The van der Waals surface area contributed by atoms with Crippen molar-refractivity contribution in [1.29, 1.82) is 0 Å². The van der Waals surface area contributed by atoms with Crippen LogP contribution >= 0.6 is 0 Å². The molecule has 0 saturated carbocycles. The van der Waals surface area contributed by atoms with E-state index in [1.807, 2.05) is 13.0 Å². The van der Waals surface area contributed by atoms with Crippen LogP contribution in [-0.4, -0.2) is 14.2 Å². The van der Waals surface area contributed by atoms with Gasteiger partial charge in [0.1, 0.15) is 0 Å². The molecule has 0 aliphatic heterocycles. The number of nitrogens with one attached hydrogen (secondary N) is 2. The lowest BCUT2D eigenvalue weighted by molar-refractivity contribution is 0.0969. The topological polar surface area (TPSA) is 42.5 Å². The average molecular weight is 172 g/mol. The first kappa shape index (κ1) is 11.0. The van der Waals surface area contributed by atoms with Crippen LogP contribution in [0, 0.1) is 0 Å². The number of allylic oxidation sites excluding steroid dienone is 1. The van der Waals surface area contributed by atoms with Gasteiger partial charge in [0, 0.05) is 0 Å². The Bertz CT molecular complexity index is 166. The third kappa shape index (κ3) is 4.00. The summed E-state index contributed by atoms with van der Waals surface area (Å²) in [5.74, 6) is 0. The van der Waals surface area contributed by atoms with E-state index in [4.69, 9.17) is 9.68 Å². The molecule has 0 heterocycles. The highest BCUT2D eigenvalue weighted by Gasteiger charge is 1.99. The van der Waals surface area contributed by atoms with Crippen molar-refractivity contribution in [2.45, 2.75) is 13.3 Å². The molecule has 0 bridgehead atoms. The molecule has 4 nitrogen and oxygen atoms in total. The molecule has 4 heteroatoms. The molecule has 12 heavy (non-hydrogen) atoms. The van der Waals surface area contributed by atoms with E-state index in [1.54, 1.807) is 7.11 Å². The summed E-state index contributed by atoms with van der Waals surface area (Å²) in [5, 5.41) is 0. The van der Waals surface area contributed by atoms with Gasteiger partial charge in [0.15, 0.2) is 0 Å². The van der Waals surface area contributed by atoms with Crippen molar-refractivity contribution in [3.63, 3.8) is 0 Å². The van der Waals surface area contributed by atoms with Crippen LogP contribution < -0.4 is 11.0 Å². The number of rotatable bonds is 6. The molecule has 2 N–H and O–H groups in total. The maximum Gasteiger partial charge on any atom is 0.0812 e. The number of hydrogen-bond acceptors (Lipinski definition) is 4. The van der Waals surface area contributed by atoms with E-state index in [0.29, 0.717) is 5.70 Å². The standard InChI is InChI=1S/C8H16N2O2/c1-5-6-8(10-12-4)7(2)9-11-3/h6,9-10H,2,5H2,1,3-4H3. The second-order valence-corrected chi connectivity index (χ2v) is 2.12. The van der Waals surface area contributed by atoms with Gasteiger partial charge in [-0.15, -0.1) is 0 Å². The summed E-state index contributed by atoms with van der Waals surface area (Å²) in [6.07, 6.45) is 2.84. The predicted molar refractivity (Wildman–Crippen MR) is 47.8 cm³/mol. The summed E-state index contributed by atoms with van der Waals surface area (Å²) in [6.45, 7) is 5.76. The monoisotopic (exact) mass is 172 g/mol. The van der Waals surface area contributed by atoms with Crippen LogP contribution in [0.3, 0.4) is 0 Å². The zero-order chi connectivity index (χ0) is 9.40. The average Bonchev–Trinajstić information content (AvgIpc) is 2.04. The maximum absolute atomic E-state index is 4.75. The minimum Gasteiger partial charge on any atom is -0.279 e. The Morgan fingerprint density at radius 2 is 1.92 bits per heavy atom. The molecule has 0 aliphatic carbocycles. The van der Waals surface area contributed by atoms with E-state index in [1.165, 1.54) is 7.11 Å². The molecule has 0 amide bonds. The maximum atomic E-state index is 4.75. The molecule has 0 unspecified atom stereocenters. The molecule has 0 radical (unpaired) electrons. The van der Waals surface area contributed by atoms with Gasteiger partial charge in [-0.1, -0.05) is 19.6 Å². The highest BCUT2D eigenvalue weighted by atomic mass is 16.6. The molecule has 0 rings (SSSR count). The van der Waals surface area contributed by atoms with Gasteiger partial charge < -0.3 is 0 Å². The van der Waals surface area contributed by atoms with E-state index in [9.17, 15) is 0 Å². The lowest BCUT2D eigenvalue weighted by Gasteiger charge is -2.11. The Morgan fingerprint density at radius 3 is 2.33 bits per heavy atom. The molecule has 0 aromatic heterocycles. The third-order valence-corrected chi connectivity index (χ3v) is 1.17.